The van der Waals surface area contributed by atoms with Crippen molar-refractivity contribution in [1.29, 1.82) is 0 Å². The van der Waals surface area contributed by atoms with Gasteiger partial charge < -0.3 is 0 Å². The Balaban J connectivity index is 1.48. The van der Waals surface area contributed by atoms with Crippen LogP contribution in [0.4, 0.5) is 5.69 Å². The molecule has 2 bridgehead atoms. The summed E-state index contributed by atoms with van der Waals surface area (Å²) in [7, 11) is 0. The molecule has 0 spiro atoms. The van der Waals surface area contributed by atoms with Gasteiger partial charge in [-0.15, -0.1) is 0 Å². The molecule has 2 aliphatic carbocycles. The van der Waals surface area contributed by atoms with Crippen LogP contribution < -0.4 is 4.90 Å². The average Bonchev–Trinajstić information content (AvgIpc) is 3.47. The number of fused-ring (bicyclic) bond motifs is 5. The van der Waals surface area contributed by atoms with Gasteiger partial charge in [-0.2, -0.15) is 0 Å². The van der Waals surface area contributed by atoms with Gasteiger partial charge in [0.05, 0.1) is 17.5 Å². The highest BCUT2D eigenvalue weighted by molar-refractivity contribution is 6.31. The van der Waals surface area contributed by atoms with Crippen LogP contribution in [0.2, 0.25) is 5.02 Å². The van der Waals surface area contributed by atoms with Gasteiger partial charge in [0.15, 0.2) is 0 Å². The summed E-state index contributed by atoms with van der Waals surface area (Å²) in [6, 6.07) is 24.0. The summed E-state index contributed by atoms with van der Waals surface area (Å²) < 4.78 is 0. The summed E-state index contributed by atoms with van der Waals surface area (Å²) in [6.07, 6.45) is 4.28. The van der Waals surface area contributed by atoms with Crippen LogP contribution in [0.5, 0.6) is 0 Å². The molecule has 2 fully saturated rings. The van der Waals surface area contributed by atoms with Crippen LogP contribution in [-0.2, 0) is 9.59 Å². The van der Waals surface area contributed by atoms with Crippen molar-refractivity contribution in [1.82, 2.24) is 0 Å². The van der Waals surface area contributed by atoms with Crippen LogP contribution in [-0.4, -0.2) is 11.8 Å². The fourth-order valence-electron chi connectivity index (χ4n) is 5.88. The fourth-order valence-corrected chi connectivity index (χ4v) is 6.01. The number of allylic oxidation sites excluding steroid dienone is 3. The van der Waals surface area contributed by atoms with Gasteiger partial charge in [-0.25, -0.2) is 4.90 Å². The molecule has 2 amide bonds. The van der Waals surface area contributed by atoms with E-state index in [0.717, 1.165) is 16.7 Å². The van der Waals surface area contributed by atoms with Crippen molar-refractivity contribution < 1.29 is 9.59 Å². The van der Waals surface area contributed by atoms with Crippen LogP contribution in [0.1, 0.15) is 22.3 Å². The highest BCUT2D eigenvalue weighted by atomic mass is 35.5. The van der Waals surface area contributed by atoms with Crippen LogP contribution in [0, 0.1) is 37.5 Å². The van der Waals surface area contributed by atoms with Crippen molar-refractivity contribution in [2.75, 3.05) is 4.90 Å². The molecule has 1 saturated carbocycles. The molecule has 3 aromatic rings. The van der Waals surface area contributed by atoms with Crippen molar-refractivity contribution in [3.8, 4) is 0 Å². The van der Waals surface area contributed by atoms with E-state index >= 15 is 0 Å². The molecular formula is C30H24ClNO2. The van der Waals surface area contributed by atoms with Gasteiger partial charge in [0.1, 0.15) is 0 Å². The molecule has 168 valence electrons. The monoisotopic (exact) mass is 465 g/mol. The predicted molar refractivity (Wildman–Crippen MR) is 135 cm³/mol. The standard InChI is InChI=1S/C30H24ClNO2/c1-17-3-7-19(8-4-17)25(20-9-5-18(2)6-10-20)26-23-15-16-24(26)28-27(23)29(33)32(30(28)34)22-13-11-21(31)12-14-22/h3-16,23-24,27-28H,1-2H3/t23-,24-,27+,28+/m1/s1. The van der Waals surface area contributed by atoms with Gasteiger partial charge in [-0.3, -0.25) is 9.59 Å². The Hall–Kier alpha value is -3.43. The first-order chi connectivity index (χ1) is 16.4. The number of halogens is 1. The van der Waals surface area contributed by atoms with E-state index in [-0.39, 0.29) is 35.5 Å². The number of anilines is 1. The first-order valence-electron chi connectivity index (χ1n) is 11.6. The maximum atomic E-state index is 13.6. The second-order valence-electron chi connectivity index (χ2n) is 9.54. The lowest BCUT2D eigenvalue weighted by molar-refractivity contribution is -0.122. The summed E-state index contributed by atoms with van der Waals surface area (Å²) in [5, 5.41) is 0.579. The number of carbonyl (C=O) groups excluding carboxylic acids is 2. The Bertz CT molecular complexity index is 1290. The third kappa shape index (κ3) is 3.11. The van der Waals surface area contributed by atoms with E-state index in [1.807, 2.05) is 0 Å². The third-order valence-electron chi connectivity index (χ3n) is 7.47. The SMILES string of the molecule is Cc1ccc(C(=C2[C@H]3C=C[C@H]2[C@@H]2C(=O)N(c4ccc(Cl)cc4)C(=O)[C@H]23)c2ccc(C)cc2)cc1. The Morgan fingerprint density at radius 1 is 0.676 bits per heavy atom. The van der Waals surface area contributed by atoms with Gasteiger partial charge >= 0.3 is 0 Å². The summed E-state index contributed by atoms with van der Waals surface area (Å²) in [5.41, 5.74) is 7.58. The largest absolute Gasteiger partial charge is 0.274 e. The summed E-state index contributed by atoms with van der Waals surface area (Å²) in [5.74, 6) is -1.11. The molecule has 0 N–H and O–H groups in total. The van der Waals surface area contributed by atoms with Crippen molar-refractivity contribution in [2.45, 2.75) is 13.8 Å². The Kier molecular flexibility index (Phi) is 4.86. The molecule has 6 rings (SSSR count). The van der Waals surface area contributed by atoms with E-state index in [0.29, 0.717) is 10.7 Å². The lowest BCUT2D eigenvalue weighted by Crippen LogP contribution is -2.33. The molecule has 1 heterocycles. The maximum Gasteiger partial charge on any atom is 0.238 e. The minimum atomic E-state index is -0.362. The summed E-state index contributed by atoms with van der Waals surface area (Å²) in [4.78, 5) is 28.6. The smallest absolute Gasteiger partial charge is 0.238 e. The Labute approximate surface area is 204 Å². The molecular weight excluding hydrogens is 442 g/mol. The van der Waals surface area contributed by atoms with E-state index in [4.69, 9.17) is 11.6 Å². The van der Waals surface area contributed by atoms with Gasteiger partial charge in [-0.05, 0) is 60.4 Å². The zero-order valence-electron chi connectivity index (χ0n) is 19.0. The lowest BCUT2D eigenvalue weighted by atomic mass is 9.85. The van der Waals surface area contributed by atoms with E-state index in [1.54, 1.807) is 24.3 Å². The van der Waals surface area contributed by atoms with Gasteiger partial charge in [0.25, 0.3) is 0 Å². The van der Waals surface area contributed by atoms with Crippen LogP contribution in [0.3, 0.4) is 0 Å². The van der Waals surface area contributed by atoms with Crippen molar-refractivity contribution in [3.63, 3.8) is 0 Å². The highest BCUT2D eigenvalue weighted by Crippen LogP contribution is 2.58. The zero-order valence-corrected chi connectivity index (χ0v) is 19.8. The molecule has 1 aliphatic heterocycles. The van der Waals surface area contributed by atoms with Crippen molar-refractivity contribution in [2.24, 2.45) is 23.7 Å². The predicted octanol–water partition coefficient (Wildman–Crippen LogP) is 6.38. The number of rotatable bonds is 3. The van der Waals surface area contributed by atoms with E-state index in [2.05, 4.69) is 74.5 Å². The third-order valence-corrected chi connectivity index (χ3v) is 7.72. The molecule has 4 heteroatoms. The zero-order chi connectivity index (χ0) is 23.6. The molecule has 3 nitrogen and oxygen atoms in total. The molecule has 4 atom stereocenters. The normalized spacial score (nSPS) is 24.8. The minimum Gasteiger partial charge on any atom is -0.274 e. The molecule has 3 aliphatic rings. The van der Waals surface area contributed by atoms with Crippen molar-refractivity contribution in [3.05, 3.63) is 118 Å². The first kappa shape index (κ1) is 21.1. The summed E-state index contributed by atoms with van der Waals surface area (Å²) >= 11 is 6.03. The van der Waals surface area contributed by atoms with Crippen LogP contribution in [0.15, 0.2) is 90.5 Å². The summed E-state index contributed by atoms with van der Waals surface area (Å²) in [6.45, 7) is 4.16. The second kappa shape index (κ2) is 7.82. The molecule has 0 aromatic heterocycles. The quantitative estimate of drug-likeness (QED) is 0.332. The number of benzene rings is 3. The topological polar surface area (TPSA) is 37.4 Å². The maximum absolute atomic E-state index is 13.6. The second-order valence-corrected chi connectivity index (χ2v) is 9.98. The molecule has 3 aromatic carbocycles. The van der Waals surface area contributed by atoms with Crippen LogP contribution >= 0.6 is 11.6 Å². The number of imide groups is 1. The number of nitrogens with zero attached hydrogens (tertiary/aromatic N) is 1. The average molecular weight is 466 g/mol. The number of aryl methyl sites for hydroxylation is 2. The molecule has 0 radical (unpaired) electrons. The highest BCUT2D eigenvalue weighted by Gasteiger charge is 2.62. The number of carbonyl (C=O) groups is 2. The van der Waals surface area contributed by atoms with Crippen LogP contribution in [0.25, 0.3) is 5.57 Å². The van der Waals surface area contributed by atoms with Crippen molar-refractivity contribution >= 4 is 34.7 Å². The van der Waals surface area contributed by atoms with E-state index in [1.165, 1.54) is 21.6 Å². The molecule has 1 saturated heterocycles. The van der Waals surface area contributed by atoms with E-state index in [9.17, 15) is 9.59 Å². The number of amides is 2. The number of hydrogen-bond donors (Lipinski definition) is 0. The fraction of sp³-hybridized carbons (Fsp3) is 0.200. The van der Waals surface area contributed by atoms with Gasteiger partial charge in [0.2, 0.25) is 11.8 Å². The minimum absolute atomic E-state index is 0.0821. The Morgan fingerprint density at radius 2 is 1.12 bits per heavy atom. The van der Waals surface area contributed by atoms with Gasteiger partial charge in [-0.1, -0.05) is 83.4 Å². The Morgan fingerprint density at radius 3 is 1.56 bits per heavy atom. The molecule has 34 heavy (non-hydrogen) atoms. The van der Waals surface area contributed by atoms with E-state index < -0.39 is 0 Å². The number of hydrogen-bond acceptors (Lipinski definition) is 2. The lowest BCUT2D eigenvalue weighted by Gasteiger charge is -2.22. The van der Waals surface area contributed by atoms with Gasteiger partial charge in [0, 0.05) is 16.9 Å². The first-order valence-corrected chi connectivity index (χ1v) is 12.0. The molecule has 0 unspecified atom stereocenters.